The zero-order valence-electron chi connectivity index (χ0n) is 10.6. The lowest BCUT2D eigenvalue weighted by molar-refractivity contribution is 0.0200. The Morgan fingerprint density at radius 3 is 2.59 bits per heavy atom. The van der Waals surface area contributed by atoms with Crippen molar-refractivity contribution in [3.05, 3.63) is 23.8 Å². The van der Waals surface area contributed by atoms with Crippen LogP contribution in [0, 0.1) is 0 Å². The number of rotatable bonds is 8. The van der Waals surface area contributed by atoms with E-state index < -0.39 is 0 Å². The van der Waals surface area contributed by atoms with Crippen LogP contribution in [0.5, 0.6) is 11.5 Å². The molecule has 0 heterocycles. The van der Waals surface area contributed by atoms with Gasteiger partial charge in [0.15, 0.2) is 18.3 Å². The van der Waals surface area contributed by atoms with Gasteiger partial charge in [-0.25, -0.2) is 0 Å². The first-order chi connectivity index (χ1) is 8.33. The Morgan fingerprint density at radius 1 is 1.12 bits per heavy atom. The van der Waals surface area contributed by atoms with Crippen molar-refractivity contribution in [3.8, 4) is 11.5 Å². The van der Waals surface area contributed by atoms with E-state index >= 15 is 0 Å². The molecule has 0 unspecified atom stereocenters. The van der Waals surface area contributed by atoms with Crippen molar-refractivity contribution in [3.63, 3.8) is 0 Å². The lowest BCUT2D eigenvalue weighted by atomic mass is 10.1. The van der Waals surface area contributed by atoms with E-state index in [9.17, 15) is 0 Å². The Bertz CT molecular complexity index is 304. The lowest BCUT2D eigenvalue weighted by Gasteiger charge is -2.15. The first-order valence-corrected chi connectivity index (χ1v) is 5.98. The second-order valence-corrected chi connectivity index (χ2v) is 3.47. The number of benzene rings is 1. The van der Waals surface area contributed by atoms with Gasteiger partial charge in [-0.2, -0.15) is 0 Å². The molecule has 4 nitrogen and oxygen atoms in total. The molecule has 0 radical (unpaired) electrons. The van der Waals surface area contributed by atoms with Crippen LogP contribution in [-0.4, -0.2) is 26.6 Å². The van der Waals surface area contributed by atoms with Gasteiger partial charge >= 0.3 is 0 Å². The van der Waals surface area contributed by atoms with E-state index in [4.69, 9.17) is 19.9 Å². The van der Waals surface area contributed by atoms with Crippen LogP contribution in [0.4, 0.5) is 0 Å². The predicted octanol–water partition coefficient (Wildman–Crippen LogP) is 1.96. The SMILES string of the molecule is CCOCOc1c(CCN)cccc1OCC. The molecule has 0 aliphatic carbocycles. The predicted molar refractivity (Wildman–Crippen MR) is 67.5 cm³/mol. The maximum atomic E-state index is 5.61. The monoisotopic (exact) mass is 239 g/mol. The molecule has 1 rings (SSSR count). The maximum absolute atomic E-state index is 5.61. The van der Waals surface area contributed by atoms with Crippen LogP contribution in [0.25, 0.3) is 0 Å². The third-order valence-electron chi connectivity index (χ3n) is 2.26. The topological polar surface area (TPSA) is 53.7 Å². The molecule has 2 N–H and O–H groups in total. The first kappa shape index (κ1) is 13.8. The van der Waals surface area contributed by atoms with E-state index in [1.165, 1.54) is 0 Å². The number of ether oxygens (including phenoxy) is 3. The highest BCUT2D eigenvalue weighted by molar-refractivity contribution is 5.46. The molecule has 0 fully saturated rings. The highest BCUT2D eigenvalue weighted by Crippen LogP contribution is 2.31. The van der Waals surface area contributed by atoms with E-state index in [2.05, 4.69) is 0 Å². The molecule has 0 aromatic heterocycles. The molecule has 17 heavy (non-hydrogen) atoms. The van der Waals surface area contributed by atoms with Crippen LogP contribution < -0.4 is 15.2 Å². The van der Waals surface area contributed by atoms with Crippen LogP contribution in [0.3, 0.4) is 0 Å². The van der Waals surface area contributed by atoms with Crippen molar-refractivity contribution < 1.29 is 14.2 Å². The molecule has 0 spiro atoms. The Kier molecular flexibility index (Phi) is 6.43. The van der Waals surface area contributed by atoms with E-state index in [0.29, 0.717) is 19.8 Å². The summed E-state index contributed by atoms with van der Waals surface area (Å²) >= 11 is 0. The second kappa shape index (κ2) is 7.92. The summed E-state index contributed by atoms with van der Waals surface area (Å²) in [6.07, 6.45) is 0.766. The van der Waals surface area contributed by atoms with E-state index in [0.717, 1.165) is 23.5 Å². The van der Waals surface area contributed by atoms with Crippen LogP contribution in [0.1, 0.15) is 19.4 Å². The molecular formula is C13H21NO3. The number of para-hydroxylation sites is 1. The quantitative estimate of drug-likeness (QED) is 0.556. The number of nitrogens with two attached hydrogens (primary N) is 1. The third kappa shape index (κ3) is 4.24. The molecule has 4 heteroatoms. The fourth-order valence-corrected chi connectivity index (χ4v) is 1.53. The zero-order chi connectivity index (χ0) is 12.5. The summed E-state index contributed by atoms with van der Waals surface area (Å²) in [5.41, 5.74) is 6.63. The van der Waals surface area contributed by atoms with Crippen LogP contribution in [0.2, 0.25) is 0 Å². The average molecular weight is 239 g/mol. The molecule has 0 amide bonds. The van der Waals surface area contributed by atoms with Crippen molar-refractivity contribution in [1.29, 1.82) is 0 Å². The maximum Gasteiger partial charge on any atom is 0.189 e. The fraction of sp³-hybridized carbons (Fsp3) is 0.538. The Hall–Kier alpha value is -1.26. The molecule has 0 saturated heterocycles. The lowest BCUT2D eigenvalue weighted by Crippen LogP contribution is -2.09. The van der Waals surface area contributed by atoms with Gasteiger partial charge in [0.1, 0.15) is 0 Å². The summed E-state index contributed by atoms with van der Waals surface area (Å²) in [5.74, 6) is 1.49. The fourth-order valence-electron chi connectivity index (χ4n) is 1.53. The van der Waals surface area contributed by atoms with E-state index in [-0.39, 0.29) is 6.79 Å². The second-order valence-electron chi connectivity index (χ2n) is 3.47. The van der Waals surface area contributed by atoms with E-state index in [1.54, 1.807) is 0 Å². The normalized spacial score (nSPS) is 10.3. The molecule has 96 valence electrons. The van der Waals surface area contributed by atoms with Crippen molar-refractivity contribution in [2.45, 2.75) is 20.3 Å². The standard InChI is InChI=1S/C13H21NO3/c1-3-15-10-17-13-11(8-9-14)6-5-7-12(13)16-4-2/h5-7H,3-4,8-10,14H2,1-2H3. The van der Waals surface area contributed by atoms with Crippen molar-refractivity contribution in [2.24, 2.45) is 5.73 Å². The van der Waals surface area contributed by atoms with E-state index in [1.807, 2.05) is 32.0 Å². The summed E-state index contributed by atoms with van der Waals surface area (Å²) < 4.78 is 16.3. The van der Waals surface area contributed by atoms with Gasteiger partial charge in [0.05, 0.1) is 6.61 Å². The highest BCUT2D eigenvalue weighted by Gasteiger charge is 2.10. The van der Waals surface area contributed by atoms with Crippen LogP contribution in [0.15, 0.2) is 18.2 Å². The van der Waals surface area contributed by atoms with Gasteiger partial charge < -0.3 is 19.9 Å². The Balaban J connectivity index is 2.83. The summed E-state index contributed by atoms with van der Waals surface area (Å²) in [6, 6.07) is 5.84. The Labute approximate surface area is 103 Å². The van der Waals surface area contributed by atoms with Gasteiger partial charge in [-0.3, -0.25) is 0 Å². The van der Waals surface area contributed by atoms with Gasteiger partial charge in [-0.05, 0) is 38.4 Å². The van der Waals surface area contributed by atoms with Crippen LogP contribution in [-0.2, 0) is 11.2 Å². The zero-order valence-corrected chi connectivity index (χ0v) is 10.6. The summed E-state index contributed by atoms with van der Waals surface area (Å²) in [5, 5.41) is 0. The smallest absolute Gasteiger partial charge is 0.189 e. The minimum Gasteiger partial charge on any atom is -0.490 e. The minimum absolute atomic E-state index is 0.234. The molecule has 0 atom stereocenters. The van der Waals surface area contributed by atoms with Gasteiger partial charge in [0.2, 0.25) is 0 Å². The summed E-state index contributed by atoms with van der Waals surface area (Å²) in [7, 11) is 0. The molecule has 1 aromatic carbocycles. The largest absolute Gasteiger partial charge is 0.490 e. The highest BCUT2D eigenvalue weighted by atomic mass is 16.7. The Morgan fingerprint density at radius 2 is 1.94 bits per heavy atom. The molecule has 0 aliphatic heterocycles. The third-order valence-corrected chi connectivity index (χ3v) is 2.26. The molecule has 0 bridgehead atoms. The number of hydrogen-bond acceptors (Lipinski definition) is 4. The average Bonchev–Trinajstić information content (AvgIpc) is 2.33. The van der Waals surface area contributed by atoms with Gasteiger partial charge in [-0.1, -0.05) is 12.1 Å². The molecule has 0 aliphatic rings. The first-order valence-electron chi connectivity index (χ1n) is 5.98. The molecular weight excluding hydrogens is 218 g/mol. The molecule has 0 saturated carbocycles. The van der Waals surface area contributed by atoms with Crippen molar-refractivity contribution >= 4 is 0 Å². The van der Waals surface area contributed by atoms with Crippen LogP contribution >= 0.6 is 0 Å². The minimum atomic E-state index is 0.234. The molecule has 1 aromatic rings. The van der Waals surface area contributed by atoms with Crippen molar-refractivity contribution in [1.82, 2.24) is 0 Å². The van der Waals surface area contributed by atoms with Crippen molar-refractivity contribution in [2.75, 3.05) is 26.6 Å². The van der Waals surface area contributed by atoms with Gasteiger partial charge in [0, 0.05) is 6.61 Å². The van der Waals surface area contributed by atoms with Gasteiger partial charge in [-0.15, -0.1) is 0 Å². The van der Waals surface area contributed by atoms with Gasteiger partial charge in [0.25, 0.3) is 0 Å². The summed E-state index contributed by atoms with van der Waals surface area (Å²) in [6.45, 7) is 5.93. The summed E-state index contributed by atoms with van der Waals surface area (Å²) in [4.78, 5) is 0. The number of hydrogen-bond donors (Lipinski definition) is 1.